The molecule has 9 nitrogen and oxygen atoms in total. The average molecular weight is 356 g/mol. The summed E-state index contributed by atoms with van der Waals surface area (Å²) in [6, 6.07) is 6.74. The fourth-order valence-corrected chi connectivity index (χ4v) is 3.54. The number of fused-ring (bicyclic) bond motifs is 1. The van der Waals surface area contributed by atoms with Crippen molar-refractivity contribution in [1.29, 1.82) is 0 Å². The average Bonchev–Trinajstić information content (AvgIpc) is 3.24. The largest absolute Gasteiger partial charge is 0.380 e. The van der Waals surface area contributed by atoms with E-state index in [4.69, 9.17) is 4.74 Å². The number of ether oxygens (including phenoxy) is 1. The molecule has 0 saturated carbocycles. The van der Waals surface area contributed by atoms with Gasteiger partial charge in [0.2, 0.25) is 0 Å². The highest BCUT2D eigenvalue weighted by molar-refractivity contribution is 5.50. The Morgan fingerprint density at radius 1 is 1.35 bits per heavy atom. The highest BCUT2D eigenvalue weighted by Crippen LogP contribution is 2.34. The standard InChI is InChI=1S/C17H20N6O3/c1-3-21-16(19-20-17(21)25)12-8-11(26-2)10-23(12)14-9-15(24)22-7-5-4-6-13(22)18-14/h4-7,9,11-12H,3,8,10H2,1-2H3,(H,20,25)/t11-,12-/m0/s1. The molecule has 1 N–H and O–H groups in total. The van der Waals surface area contributed by atoms with Crippen molar-refractivity contribution in [2.24, 2.45) is 0 Å². The lowest BCUT2D eigenvalue weighted by molar-refractivity contribution is 0.118. The molecule has 0 spiro atoms. The van der Waals surface area contributed by atoms with Crippen molar-refractivity contribution in [2.45, 2.75) is 32.0 Å². The first-order chi connectivity index (χ1) is 12.6. The van der Waals surface area contributed by atoms with Crippen LogP contribution >= 0.6 is 0 Å². The molecule has 1 saturated heterocycles. The molecule has 0 aromatic carbocycles. The summed E-state index contributed by atoms with van der Waals surface area (Å²) in [5, 5.41) is 6.73. The lowest BCUT2D eigenvalue weighted by Gasteiger charge is -2.24. The molecule has 0 bridgehead atoms. The Bertz CT molecular complexity index is 1050. The predicted molar refractivity (Wildman–Crippen MR) is 95.5 cm³/mol. The van der Waals surface area contributed by atoms with Crippen molar-refractivity contribution < 1.29 is 4.74 Å². The van der Waals surface area contributed by atoms with E-state index in [1.54, 1.807) is 30.0 Å². The second-order valence-electron chi connectivity index (χ2n) is 6.27. The van der Waals surface area contributed by atoms with Crippen LogP contribution in [0, 0.1) is 0 Å². The molecular formula is C17H20N6O3. The van der Waals surface area contributed by atoms with Crippen molar-refractivity contribution in [3.8, 4) is 0 Å². The summed E-state index contributed by atoms with van der Waals surface area (Å²) in [7, 11) is 1.66. The molecule has 3 aromatic rings. The number of hydrogen-bond donors (Lipinski definition) is 1. The monoisotopic (exact) mass is 356 g/mol. The number of nitrogens with one attached hydrogen (secondary N) is 1. The summed E-state index contributed by atoms with van der Waals surface area (Å²) in [6.07, 6.45) is 2.32. The third kappa shape index (κ3) is 2.60. The Hall–Kier alpha value is -2.94. The first kappa shape index (κ1) is 16.5. The van der Waals surface area contributed by atoms with Crippen LogP contribution in [0.25, 0.3) is 5.65 Å². The van der Waals surface area contributed by atoms with Gasteiger partial charge in [-0.2, -0.15) is 5.10 Å². The maximum atomic E-state index is 12.5. The van der Waals surface area contributed by atoms with Crippen LogP contribution in [0.4, 0.5) is 5.82 Å². The summed E-state index contributed by atoms with van der Waals surface area (Å²) in [5.74, 6) is 1.19. The molecule has 9 heteroatoms. The quantitative estimate of drug-likeness (QED) is 0.734. The van der Waals surface area contributed by atoms with Gasteiger partial charge < -0.3 is 9.64 Å². The predicted octanol–water partition coefficient (Wildman–Crippen LogP) is 0.566. The number of pyridine rings is 1. The van der Waals surface area contributed by atoms with E-state index >= 15 is 0 Å². The Morgan fingerprint density at radius 2 is 2.19 bits per heavy atom. The summed E-state index contributed by atoms with van der Waals surface area (Å²) in [4.78, 5) is 31.1. The number of aromatic amines is 1. The van der Waals surface area contributed by atoms with Gasteiger partial charge in [0, 0.05) is 38.9 Å². The van der Waals surface area contributed by atoms with Crippen molar-refractivity contribution in [3.05, 3.63) is 57.1 Å². The van der Waals surface area contributed by atoms with Gasteiger partial charge in [-0.15, -0.1) is 0 Å². The summed E-state index contributed by atoms with van der Waals surface area (Å²) in [6.45, 7) is 2.98. The first-order valence-corrected chi connectivity index (χ1v) is 8.55. The van der Waals surface area contributed by atoms with Crippen LogP contribution < -0.4 is 16.1 Å². The minimum atomic E-state index is -0.241. The van der Waals surface area contributed by atoms with Crippen molar-refractivity contribution in [3.63, 3.8) is 0 Å². The van der Waals surface area contributed by atoms with Gasteiger partial charge in [0.25, 0.3) is 5.56 Å². The molecule has 4 rings (SSSR count). The van der Waals surface area contributed by atoms with Gasteiger partial charge in [0.15, 0.2) is 5.82 Å². The van der Waals surface area contributed by atoms with Crippen LogP contribution in [0.3, 0.4) is 0 Å². The molecule has 4 heterocycles. The number of aromatic nitrogens is 5. The summed E-state index contributed by atoms with van der Waals surface area (Å²) >= 11 is 0. The molecule has 1 aliphatic rings. The van der Waals surface area contributed by atoms with E-state index < -0.39 is 0 Å². The molecule has 26 heavy (non-hydrogen) atoms. The molecule has 136 valence electrons. The minimum Gasteiger partial charge on any atom is -0.380 e. The summed E-state index contributed by atoms with van der Waals surface area (Å²) in [5.41, 5.74) is 0.180. The molecule has 0 unspecified atom stereocenters. The Kier molecular flexibility index (Phi) is 4.08. The van der Waals surface area contributed by atoms with Gasteiger partial charge >= 0.3 is 5.69 Å². The highest BCUT2D eigenvalue weighted by atomic mass is 16.5. The lowest BCUT2D eigenvalue weighted by atomic mass is 10.2. The van der Waals surface area contributed by atoms with Gasteiger partial charge in [0.05, 0.1) is 12.1 Å². The number of nitrogens with zero attached hydrogens (tertiary/aromatic N) is 5. The van der Waals surface area contributed by atoms with E-state index in [-0.39, 0.29) is 23.4 Å². The second kappa shape index (κ2) is 6.41. The number of methoxy groups -OCH3 is 1. The van der Waals surface area contributed by atoms with Crippen LogP contribution in [-0.2, 0) is 11.3 Å². The van der Waals surface area contributed by atoms with Gasteiger partial charge in [-0.25, -0.2) is 14.9 Å². The first-order valence-electron chi connectivity index (χ1n) is 8.55. The second-order valence-corrected chi connectivity index (χ2v) is 6.27. The van der Waals surface area contributed by atoms with E-state index in [1.807, 2.05) is 17.9 Å². The zero-order valence-electron chi connectivity index (χ0n) is 14.6. The zero-order valence-corrected chi connectivity index (χ0v) is 14.6. The van der Waals surface area contributed by atoms with Crippen molar-refractivity contribution in [2.75, 3.05) is 18.6 Å². The minimum absolute atomic E-state index is 0.0341. The molecule has 2 atom stereocenters. The number of anilines is 1. The molecule has 0 aliphatic carbocycles. The topological polar surface area (TPSA) is 97.5 Å². The number of H-pyrrole nitrogens is 1. The van der Waals surface area contributed by atoms with Crippen molar-refractivity contribution in [1.82, 2.24) is 24.1 Å². The van der Waals surface area contributed by atoms with Gasteiger partial charge in [-0.05, 0) is 19.1 Å². The van der Waals surface area contributed by atoms with E-state index in [2.05, 4.69) is 15.2 Å². The molecule has 0 amide bonds. The molecule has 1 fully saturated rings. The maximum absolute atomic E-state index is 12.5. The molecule has 3 aromatic heterocycles. The fourth-order valence-electron chi connectivity index (χ4n) is 3.54. The maximum Gasteiger partial charge on any atom is 0.343 e. The summed E-state index contributed by atoms with van der Waals surface area (Å²) < 4.78 is 8.63. The number of hydrogen-bond acceptors (Lipinski definition) is 6. The van der Waals surface area contributed by atoms with E-state index in [0.717, 1.165) is 0 Å². The van der Waals surface area contributed by atoms with Crippen LogP contribution in [0.5, 0.6) is 0 Å². The SMILES string of the molecule is CCn1c([C@@H]2C[C@H](OC)CN2c2cc(=O)n3ccccc3n2)n[nH]c1=O. The van der Waals surface area contributed by atoms with Crippen molar-refractivity contribution >= 4 is 11.5 Å². The van der Waals surface area contributed by atoms with E-state index in [1.165, 1.54) is 10.5 Å². The van der Waals surface area contributed by atoms with Gasteiger partial charge in [-0.3, -0.25) is 13.8 Å². The Morgan fingerprint density at radius 3 is 2.96 bits per heavy atom. The Labute approximate surface area is 148 Å². The molecular weight excluding hydrogens is 336 g/mol. The molecule has 1 aliphatic heterocycles. The van der Waals surface area contributed by atoms with Crippen LogP contribution in [-0.4, -0.2) is 43.9 Å². The van der Waals surface area contributed by atoms with Crippen LogP contribution in [0.1, 0.15) is 25.2 Å². The third-order valence-corrected chi connectivity index (χ3v) is 4.85. The number of rotatable bonds is 4. The zero-order chi connectivity index (χ0) is 18.3. The third-order valence-electron chi connectivity index (χ3n) is 4.85. The normalized spacial score (nSPS) is 20.2. The van der Waals surface area contributed by atoms with E-state index in [9.17, 15) is 9.59 Å². The lowest BCUT2D eigenvalue weighted by Crippen LogP contribution is -2.30. The molecule has 0 radical (unpaired) electrons. The Balaban J connectivity index is 1.82. The smallest absolute Gasteiger partial charge is 0.343 e. The highest BCUT2D eigenvalue weighted by Gasteiger charge is 2.37. The van der Waals surface area contributed by atoms with E-state index in [0.29, 0.717) is 36.8 Å². The van der Waals surface area contributed by atoms with Gasteiger partial charge in [-0.1, -0.05) is 6.07 Å². The van der Waals surface area contributed by atoms with Crippen LogP contribution in [0.2, 0.25) is 0 Å². The van der Waals surface area contributed by atoms with Crippen LogP contribution in [0.15, 0.2) is 40.1 Å². The van der Waals surface area contributed by atoms with Gasteiger partial charge in [0.1, 0.15) is 11.5 Å². The fraction of sp³-hybridized carbons (Fsp3) is 0.412.